The summed E-state index contributed by atoms with van der Waals surface area (Å²) in [5.41, 5.74) is 1.16. The van der Waals surface area contributed by atoms with E-state index in [0.717, 1.165) is 5.56 Å². The highest BCUT2D eigenvalue weighted by atomic mass is 35.5. The highest BCUT2D eigenvalue weighted by molar-refractivity contribution is 6.31. The molecule has 0 spiro atoms. The summed E-state index contributed by atoms with van der Waals surface area (Å²) in [6.07, 6.45) is 0. The Morgan fingerprint density at radius 2 is 1.89 bits per heavy atom. The van der Waals surface area contributed by atoms with Crippen LogP contribution < -0.4 is 14.8 Å². The number of ether oxygens (including phenoxy) is 2. The van der Waals surface area contributed by atoms with Gasteiger partial charge in [-0.2, -0.15) is 8.78 Å². The summed E-state index contributed by atoms with van der Waals surface area (Å²) in [6.45, 7) is -2.66. The number of alkyl halides is 2. The van der Waals surface area contributed by atoms with Crippen LogP contribution in [0.3, 0.4) is 0 Å². The van der Waals surface area contributed by atoms with Crippen LogP contribution in [0.1, 0.15) is 22.0 Å². The first-order chi connectivity index (χ1) is 12.8. The molecule has 0 aromatic heterocycles. The number of nitrogens with zero attached hydrogens (tertiary/aromatic N) is 1. The van der Waals surface area contributed by atoms with Gasteiger partial charge in [-0.05, 0) is 43.9 Å². The summed E-state index contributed by atoms with van der Waals surface area (Å²) >= 11 is 6.26. The van der Waals surface area contributed by atoms with Crippen LogP contribution in [-0.2, 0) is 0 Å². The van der Waals surface area contributed by atoms with E-state index in [1.165, 1.54) is 25.3 Å². The van der Waals surface area contributed by atoms with Crippen molar-refractivity contribution in [1.29, 1.82) is 0 Å². The number of rotatable bonds is 8. The molecule has 0 radical (unpaired) electrons. The van der Waals surface area contributed by atoms with Gasteiger partial charge in [0.1, 0.15) is 0 Å². The fraction of sp³-hybridized carbons (Fsp3) is 0.316. The Morgan fingerprint density at radius 3 is 2.48 bits per heavy atom. The highest BCUT2D eigenvalue weighted by Crippen LogP contribution is 2.30. The molecule has 1 N–H and O–H groups in total. The van der Waals surface area contributed by atoms with Crippen LogP contribution in [0.4, 0.5) is 8.78 Å². The second-order valence-electron chi connectivity index (χ2n) is 5.96. The summed E-state index contributed by atoms with van der Waals surface area (Å²) < 4.78 is 34.2. The largest absolute Gasteiger partial charge is 0.493 e. The Kier molecular flexibility index (Phi) is 7.38. The molecule has 0 fully saturated rings. The van der Waals surface area contributed by atoms with E-state index >= 15 is 0 Å². The molecule has 5 nitrogen and oxygen atoms in total. The van der Waals surface area contributed by atoms with Crippen molar-refractivity contribution in [3.8, 4) is 11.5 Å². The number of benzene rings is 2. The van der Waals surface area contributed by atoms with Crippen molar-refractivity contribution in [2.45, 2.75) is 12.7 Å². The quantitative estimate of drug-likeness (QED) is 0.730. The van der Waals surface area contributed by atoms with E-state index in [-0.39, 0.29) is 29.0 Å². The molecule has 0 bridgehead atoms. The van der Waals surface area contributed by atoms with Crippen LogP contribution >= 0.6 is 11.6 Å². The van der Waals surface area contributed by atoms with E-state index in [0.29, 0.717) is 11.6 Å². The van der Waals surface area contributed by atoms with Gasteiger partial charge < -0.3 is 19.7 Å². The number of nitrogens with one attached hydrogen (secondary N) is 1. The Hall–Kier alpha value is -2.38. The van der Waals surface area contributed by atoms with Gasteiger partial charge in [-0.15, -0.1) is 0 Å². The molecule has 2 aromatic rings. The topological polar surface area (TPSA) is 50.8 Å². The molecule has 0 aliphatic carbocycles. The van der Waals surface area contributed by atoms with Crippen molar-refractivity contribution >= 4 is 17.5 Å². The second kappa shape index (κ2) is 9.53. The van der Waals surface area contributed by atoms with Crippen molar-refractivity contribution in [2.75, 3.05) is 27.7 Å². The molecular weight excluding hydrogens is 378 g/mol. The van der Waals surface area contributed by atoms with Crippen molar-refractivity contribution in [3.05, 3.63) is 58.6 Å². The number of hydrogen-bond donors (Lipinski definition) is 1. The standard InChI is InChI=1S/C19H21ClF2N2O3/c1-24(2)15(13-6-4-5-7-14(13)20)11-23-18(25)12-8-9-16(27-19(21)22)17(10-12)26-3/h4-10,15,19H,11H2,1-3H3,(H,23,25). The van der Waals surface area contributed by atoms with Crippen molar-refractivity contribution < 1.29 is 23.0 Å². The third kappa shape index (κ3) is 5.55. The zero-order chi connectivity index (χ0) is 20.0. The van der Waals surface area contributed by atoms with Crippen LogP contribution in [0.2, 0.25) is 5.02 Å². The Balaban J connectivity index is 2.13. The lowest BCUT2D eigenvalue weighted by molar-refractivity contribution is -0.0512. The smallest absolute Gasteiger partial charge is 0.387 e. The minimum absolute atomic E-state index is 0.0539. The van der Waals surface area contributed by atoms with Crippen LogP contribution in [-0.4, -0.2) is 45.2 Å². The van der Waals surface area contributed by atoms with E-state index in [1.807, 2.05) is 37.2 Å². The van der Waals surface area contributed by atoms with Gasteiger partial charge in [0.05, 0.1) is 13.2 Å². The predicted octanol–water partition coefficient (Wildman–Crippen LogP) is 3.98. The van der Waals surface area contributed by atoms with Gasteiger partial charge in [-0.3, -0.25) is 4.79 Å². The van der Waals surface area contributed by atoms with Gasteiger partial charge in [0.25, 0.3) is 5.91 Å². The van der Waals surface area contributed by atoms with Crippen molar-refractivity contribution in [3.63, 3.8) is 0 Å². The molecule has 0 saturated heterocycles. The number of likely N-dealkylation sites (N-methyl/N-ethyl adjacent to an activating group) is 1. The third-order valence-electron chi connectivity index (χ3n) is 3.99. The molecule has 2 rings (SSSR count). The van der Waals surface area contributed by atoms with E-state index < -0.39 is 6.61 Å². The van der Waals surface area contributed by atoms with Gasteiger partial charge >= 0.3 is 6.61 Å². The maximum atomic E-state index is 12.5. The Labute approximate surface area is 161 Å². The molecule has 8 heteroatoms. The van der Waals surface area contributed by atoms with Crippen molar-refractivity contribution in [2.24, 2.45) is 0 Å². The number of hydrogen-bond acceptors (Lipinski definition) is 4. The summed E-state index contributed by atoms with van der Waals surface area (Å²) in [7, 11) is 5.09. The molecule has 0 heterocycles. The van der Waals surface area contributed by atoms with Gasteiger partial charge in [-0.1, -0.05) is 29.8 Å². The lowest BCUT2D eigenvalue weighted by atomic mass is 10.1. The first-order valence-corrected chi connectivity index (χ1v) is 8.53. The minimum Gasteiger partial charge on any atom is -0.493 e. The number of carbonyl (C=O) groups excluding carboxylic acids is 1. The lowest BCUT2D eigenvalue weighted by Gasteiger charge is -2.26. The van der Waals surface area contributed by atoms with E-state index in [2.05, 4.69) is 10.1 Å². The molecule has 0 saturated carbocycles. The third-order valence-corrected chi connectivity index (χ3v) is 4.33. The molecule has 1 atom stereocenters. The average molecular weight is 399 g/mol. The fourth-order valence-electron chi connectivity index (χ4n) is 2.61. The maximum absolute atomic E-state index is 12.5. The van der Waals surface area contributed by atoms with Gasteiger partial charge in [0.15, 0.2) is 11.5 Å². The first-order valence-electron chi connectivity index (χ1n) is 8.15. The summed E-state index contributed by atoms with van der Waals surface area (Å²) in [6, 6.07) is 11.3. The van der Waals surface area contributed by atoms with Crippen LogP contribution in [0.5, 0.6) is 11.5 Å². The molecule has 1 unspecified atom stereocenters. The number of halogens is 3. The van der Waals surface area contributed by atoms with Gasteiger partial charge in [-0.25, -0.2) is 0 Å². The number of methoxy groups -OCH3 is 1. The highest BCUT2D eigenvalue weighted by Gasteiger charge is 2.19. The molecule has 0 aliphatic rings. The summed E-state index contributed by atoms with van der Waals surface area (Å²) in [5.74, 6) is -0.444. The maximum Gasteiger partial charge on any atom is 0.387 e. The zero-order valence-electron chi connectivity index (χ0n) is 15.2. The van der Waals surface area contributed by atoms with Gasteiger partial charge in [0.2, 0.25) is 0 Å². The summed E-state index contributed by atoms with van der Waals surface area (Å²) in [4.78, 5) is 14.4. The molecular formula is C19H21ClF2N2O3. The SMILES string of the molecule is COc1cc(C(=O)NCC(c2ccccc2Cl)N(C)C)ccc1OC(F)F. The molecule has 0 aliphatic heterocycles. The average Bonchev–Trinajstić information content (AvgIpc) is 2.62. The van der Waals surface area contributed by atoms with Crippen LogP contribution in [0, 0.1) is 0 Å². The monoisotopic (exact) mass is 398 g/mol. The predicted molar refractivity (Wildman–Crippen MR) is 99.8 cm³/mol. The van der Waals surface area contributed by atoms with Crippen LogP contribution in [0.25, 0.3) is 0 Å². The van der Waals surface area contributed by atoms with E-state index in [9.17, 15) is 13.6 Å². The second-order valence-corrected chi connectivity index (χ2v) is 6.36. The molecule has 2 aromatic carbocycles. The fourth-order valence-corrected chi connectivity index (χ4v) is 2.87. The zero-order valence-corrected chi connectivity index (χ0v) is 16.0. The first kappa shape index (κ1) is 20.9. The van der Waals surface area contributed by atoms with E-state index in [4.69, 9.17) is 16.3 Å². The van der Waals surface area contributed by atoms with E-state index in [1.54, 1.807) is 6.07 Å². The van der Waals surface area contributed by atoms with Crippen LogP contribution in [0.15, 0.2) is 42.5 Å². The summed E-state index contributed by atoms with van der Waals surface area (Å²) in [5, 5.41) is 3.45. The lowest BCUT2D eigenvalue weighted by Crippen LogP contribution is -2.34. The molecule has 1 amide bonds. The van der Waals surface area contributed by atoms with Gasteiger partial charge in [0, 0.05) is 17.1 Å². The Bertz CT molecular complexity index is 787. The molecule has 146 valence electrons. The normalized spacial score (nSPS) is 12.1. The Morgan fingerprint density at radius 1 is 1.19 bits per heavy atom. The number of amides is 1. The number of carbonyl (C=O) groups is 1. The minimum atomic E-state index is -2.98. The van der Waals surface area contributed by atoms with Crippen molar-refractivity contribution in [1.82, 2.24) is 10.2 Å². The molecule has 27 heavy (non-hydrogen) atoms.